The summed E-state index contributed by atoms with van der Waals surface area (Å²) in [6.45, 7) is 6.71. The number of rotatable bonds is 8. The number of hydrogen-bond donors (Lipinski definition) is 1. The minimum absolute atomic E-state index is 0.0488. The third-order valence-electron chi connectivity index (χ3n) is 4.01. The summed E-state index contributed by atoms with van der Waals surface area (Å²) in [6, 6.07) is 5.78. The lowest BCUT2D eigenvalue weighted by atomic mass is 10.1. The van der Waals surface area contributed by atoms with E-state index in [1.807, 2.05) is 46.0 Å². The molecule has 0 spiro atoms. The second-order valence-electron chi connectivity index (χ2n) is 5.32. The van der Waals surface area contributed by atoms with Crippen LogP contribution in [-0.2, 0) is 23.0 Å². The zero-order valence-corrected chi connectivity index (χ0v) is 14.6. The smallest absolute Gasteiger partial charge is 0.243 e. The molecule has 1 aromatic carbocycles. The van der Waals surface area contributed by atoms with Gasteiger partial charge in [-0.1, -0.05) is 32.9 Å². The highest BCUT2D eigenvalue weighted by molar-refractivity contribution is 7.89. The van der Waals surface area contributed by atoms with Crippen molar-refractivity contribution in [3.05, 3.63) is 29.3 Å². The van der Waals surface area contributed by atoms with Crippen molar-refractivity contribution in [1.82, 2.24) is 9.62 Å². The SMILES string of the molecule is CCc1ccc(CNC)cc1S(=O)(=O)N(C)C(CC)CC. The number of nitrogens with one attached hydrogen (secondary N) is 1. The summed E-state index contributed by atoms with van der Waals surface area (Å²) in [7, 11) is 0.111. The van der Waals surface area contributed by atoms with Crippen LogP contribution in [0.2, 0.25) is 0 Å². The van der Waals surface area contributed by atoms with Gasteiger partial charge < -0.3 is 5.32 Å². The highest BCUT2D eigenvalue weighted by Gasteiger charge is 2.28. The fourth-order valence-electron chi connectivity index (χ4n) is 2.60. The van der Waals surface area contributed by atoms with Gasteiger partial charge in [0.2, 0.25) is 10.0 Å². The number of benzene rings is 1. The van der Waals surface area contributed by atoms with Crippen molar-refractivity contribution in [3.63, 3.8) is 0 Å². The molecule has 0 radical (unpaired) electrons. The molecule has 1 N–H and O–H groups in total. The van der Waals surface area contributed by atoms with Gasteiger partial charge >= 0.3 is 0 Å². The van der Waals surface area contributed by atoms with Crippen LogP contribution >= 0.6 is 0 Å². The average molecular weight is 312 g/mol. The standard InChI is InChI=1S/C16H28N2O2S/c1-6-14-10-9-13(12-17-4)11-16(14)21(19,20)18(5)15(7-2)8-3/h9-11,15,17H,6-8,12H2,1-5H3. The van der Waals surface area contributed by atoms with E-state index in [9.17, 15) is 8.42 Å². The van der Waals surface area contributed by atoms with E-state index in [0.717, 1.165) is 24.0 Å². The minimum Gasteiger partial charge on any atom is -0.316 e. The Labute approximate surface area is 129 Å². The molecular formula is C16H28N2O2S. The molecule has 1 rings (SSSR count). The van der Waals surface area contributed by atoms with Crippen LogP contribution in [-0.4, -0.2) is 32.9 Å². The predicted octanol–water partition coefficient (Wildman–Crippen LogP) is 2.78. The first-order valence-electron chi connectivity index (χ1n) is 7.66. The van der Waals surface area contributed by atoms with Crippen LogP contribution in [0, 0.1) is 0 Å². The molecule has 0 saturated heterocycles. The quantitative estimate of drug-likeness (QED) is 0.803. The summed E-state index contributed by atoms with van der Waals surface area (Å²) in [6.07, 6.45) is 2.36. The lowest BCUT2D eigenvalue weighted by molar-refractivity contribution is 0.349. The first-order chi connectivity index (χ1) is 9.92. The van der Waals surface area contributed by atoms with Crippen LogP contribution in [0.1, 0.15) is 44.7 Å². The topological polar surface area (TPSA) is 49.4 Å². The molecule has 120 valence electrons. The van der Waals surface area contributed by atoms with Gasteiger partial charge in [-0.25, -0.2) is 8.42 Å². The summed E-state index contributed by atoms with van der Waals surface area (Å²) >= 11 is 0. The van der Waals surface area contributed by atoms with E-state index in [1.165, 1.54) is 4.31 Å². The van der Waals surface area contributed by atoms with Crippen LogP contribution < -0.4 is 5.32 Å². The van der Waals surface area contributed by atoms with Crippen LogP contribution in [0.15, 0.2) is 23.1 Å². The third-order valence-corrected chi connectivity index (χ3v) is 6.00. The van der Waals surface area contributed by atoms with Crippen LogP contribution in [0.3, 0.4) is 0 Å². The molecular weight excluding hydrogens is 284 g/mol. The summed E-state index contributed by atoms with van der Waals surface area (Å²) in [5, 5.41) is 3.07. The Balaban J connectivity index is 3.31. The Morgan fingerprint density at radius 2 is 1.81 bits per heavy atom. The average Bonchev–Trinajstić information content (AvgIpc) is 2.48. The summed E-state index contributed by atoms with van der Waals surface area (Å²) in [4.78, 5) is 0.451. The molecule has 5 heteroatoms. The lowest BCUT2D eigenvalue weighted by Gasteiger charge is -2.26. The van der Waals surface area contributed by atoms with Crippen molar-refractivity contribution < 1.29 is 8.42 Å². The van der Waals surface area contributed by atoms with Gasteiger partial charge in [0.25, 0.3) is 0 Å². The largest absolute Gasteiger partial charge is 0.316 e. The van der Waals surface area contributed by atoms with Crippen LogP contribution in [0.4, 0.5) is 0 Å². The summed E-state index contributed by atoms with van der Waals surface area (Å²) in [5.74, 6) is 0. The maximum atomic E-state index is 12.9. The maximum absolute atomic E-state index is 12.9. The molecule has 4 nitrogen and oxygen atoms in total. The molecule has 0 bridgehead atoms. The molecule has 0 aliphatic carbocycles. The predicted molar refractivity (Wildman–Crippen MR) is 87.9 cm³/mol. The Bertz CT molecular complexity index is 551. The molecule has 0 fully saturated rings. The van der Waals surface area contributed by atoms with Gasteiger partial charge in [-0.3, -0.25) is 0 Å². The number of nitrogens with zero attached hydrogens (tertiary/aromatic N) is 1. The van der Waals surface area contributed by atoms with E-state index in [2.05, 4.69) is 5.32 Å². The Morgan fingerprint density at radius 3 is 2.29 bits per heavy atom. The van der Waals surface area contributed by atoms with E-state index in [-0.39, 0.29) is 6.04 Å². The van der Waals surface area contributed by atoms with Crippen LogP contribution in [0.5, 0.6) is 0 Å². The molecule has 1 aromatic rings. The van der Waals surface area contributed by atoms with E-state index in [0.29, 0.717) is 17.9 Å². The molecule has 0 unspecified atom stereocenters. The van der Waals surface area contributed by atoms with Crippen molar-refractivity contribution in [2.45, 2.75) is 57.5 Å². The van der Waals surface area contributed by atoms with E-state index < -0.39 is 10.0 Å². The van der Waals surface area contributed by atoms with E-state index >= 15 is 0 Å². The summed E-state index contributed by atoms with van der Waals surface area (Å²) in [5.41, 5.74) is 1.87. The fraction of sp³-hybridized carbons (Fsp3) is 0.625. The van der Waals surface area contributed by atoms with Gasteiger partial charge in [0.15, 0.2) is 0 Å². The lowest BCUT2D eigenvalue weighted by Crippen LogP contribution is -2.36. The third kappa shape index (κ3) is 4.05. The molecule has 0 aliphatic heterocycles. The van der Waals surface area contributed by atoms with E-state index in [1.54, 1.807) is 7.05 Å². The highest BCUT2D eigenvalue weighted by Crippen LogP contribution is 2.24. The zero-order valence-electron chi connectivity index (χ0n) is 13.8. The molecule has 0 atom stereocenters. The second-order valence-corrected chi connectivity index (χ2v) is 7.28. The van der Waals surface area contributed by atoms with Crippen molar-refractivity contribution in [1.29, 1.82) is 0 Å². The molecule has 21 heavy (non-hydrogen) atoms. The van der Waals surface area contributed by atoms with Gasteiger partial charge in [-0.2, -0.15) is 4.31 Å². The van der Waals surface area contributed by atoms with E-state index in [4.69, 9.17) is 0 Å². The summed E-state index contributed by atoms with van der Waals surface area (Å²) < 4.78 is 27.4. The van der Waals surface area contributed by atoms with Crippen molar-refractivity contribution in [3.8, 4) is 0 Å². The van der Waals surface area contributed by atoms with Gasteiger partial charge in [-0.05, 0) is 43.5 Å². The molecule has 0 aromatic heterocycles. The molecule has 0 amide bonds. The molecule has 0 heterocycles. The second kappa shape index (κ2) is 7.92. The van der Waals surface area contributed by atoms with Crippen LogP contribution in [0.25, 0.3) is 0 Å². The van der Waals surface area contributed by atoms with Crippen molar-refractivity contribution in [2.24, 2.45) is 0 Å². The van der Waals surface area contributed by atoms with Gasteiger partial charge in [-0.15, -0.1) is 0 Å². The van der Waals surface area contributed by atoms with Gasteiger partial charge in [0.05, 0.1) is 4.90 Å². The zero-order chi connectivity index (χ0) is 16.0. The normalized spacial score (nSPS) is 12.3. The minimum atomic E-state index is -3.44. The van der Waals surface area contributed by atoms with Crippen molar-refractivity contribution in [2.75, 3.05) is 14.1 Å². The molecule has 0 aliphatic rings. The number of sulfonamides is 1. The van der Waals surface area contributed by atoms with Crippen molar-refractivity contribution >= 4 is 10.0 Å². The van der Waals surface area contributed by atoms with Gasteiger partial charge in [0.1, 0.15) is 0 Å². The van der Waals surface area contributed by atoms with Gasteiger partial charge in [0, 0.05) is 19.6 Å². The maximum Gasteiger partial charge on any atom is 0.243 e. The first-order valence-corrected chi connectivity index (χ1v) is 9.10. The Kier molecular flexibility index (Phi) is 6.84. The number of hydrogen-bond acceptors (Lipinski definition) is 3. The first kappa shape index (κ1) is 18.1. The fourth-order valence-corrected chi connectivity index (χ4v) is 4.44. The monoisotopic (exact) mass is 312 g/mol. The Morgan fingerprint density at radius 1 is 1.19 bits per heavy atom. The Hall–Kier alpha value is -0.910. The highest BCUT2D eigenvalue weighted by atomic mass is 32.2. The number of aryl methyl sites for hydroxylation is 1. The molecule has 0 saturated carbocycles.